The predicted octanol–water partition coefficient (Wildman–Crippen LogP) is 4.85. The number of aliphatic hydroxyl groups is 1. The van der Waals surface area contributed by atoms with Crippen molar-refractivity contribution in [2.45, 2.75) is 121 Å². The molecule has 1 aromatic carbocycles. The summed E-state index contributed by atoms with van der Waals surface area (Å²) in [5, 5.41) is 31.2. The molecule has 8 heteroatoms. The number of carbonyl (C=O) groups excluding carboxylic acids is 1. The van der Waals surface area contributed by atoms with E-state index in [-0.39, 0.29) is 52.6 Å². The molecule has 7 aliphatic rings. The predicted molar refractivity (Wildman–Crippen MR) is 158 cm³/mol. The van der Waals surface area contributed by atoms with E-state index in [9.17, 15) is 19.8 Å². The normalized spacial score (nSPS) is 37.2. The number of ketones is 1. The van der Waals surface area contributed by atoms with Gasteiger partial charge < -0.3 is 29.6 Å². The highest BCUT2D eigenvalue weighted by Crippen LogP contribution is 2.78. The zero-order valence-electron chi connectivity index (χ0n) is 26.2. The van der Waals surface area contributed by atoms with Gasteiger partial charge in [0.2, 0.25) is 0 Å². The summed E-state index contributed by atoms with van der Waals surface area (Å²) < 4.78 is 13.5. The molecule has 232 valence electrons. The summed E-state index contributed by atoms with van der Waals surface area (Å²) in [4.78, 5) is 22.7. The second-order valence-electron chi connectivity index (χ2n) is 15.4. The van der Waals surface area contributed by atoms with Crippen molar-refractivity contribution in [2.75, 3.05) is 20.2 Å². The van der Waals surface area contributed by atoms with Crippen LogP contribution in [0.25, 0.3) is 0 Å². The number of phenols is 1. The number of fused-ring (bicyclic) bond motifs is 2. The molecule has 2 heterocycles. The highest BCUT2D eigenvalue weighted by atomic mass is 16.6. The number of ether oxygens (including phenoxy) is 2. The first-order valence-corrected chi connectivity index (χ1v) is 15.9. The highest BCUT2D eigenvalue weighted by molar-refractivity contribution is 5.80. The van der Waals surface area contributed by atoms with E-state index in [2.05, 4.69) is 31.7 Å². The smallest absolute Gasteiger partial charge is 0.303 e. The molecular weight excluding hydrogens is 534 g/mol. The maximum Gasteiger partial charge on any atom is 0.303 e. The molecule has 2 aliphatic heterocycles. The van der Waals surface area contributed by atoms with Crippen molar-refractivity contribution >= 4 is 11.8 Å². The third-order valence-electron chi connectivity index (χ3n) is 12.5. The lowest BCUT2D eigenvalue weighted by atomic mass is 9.33. The Hall–Kier alpha value is -2.16. The molecule has 42 heavy (non-hydrogen) atoms. The number of carboxylic acid groups (broad SMARTS) is 1. The summed E-state index contributed by atoms with van der Waals surface area (Å²) in [6.45, 7) is 12.2. The number of aliphatic carboxylic acids is 1. The minimum Gasteiger partial charge on any atom is -0.504 e. The molecule has 0 aromatic heterocycles. The number of benzene rings is 1. The zero-order valence-corrected chi connectivity index (χ0v) is 26.2. The van der Waals surface area contributed by atoms with Gasteiger partial charge in [0, 0.05) is 48.4 Å². The molecule has 4 saturated carbocycles. The number of carbonyl (C=O) groups is 2. The lowest BCUT2D eigenvalue weighted by molar-refractivity contribution is -0.312. The Labute approximate surface area is 249 Å². The van der Waals surface area contributed by atoms with Crippen molar-refractivity contribution in [3.05, 3.63) is 23.3 Å². The first-order valence-electron chi connectivity index (χ1n) is 15.9. The van der Waals surface area contributed by atoms with E-state index in [0.29, 0.717) is 11.8 Å². The summed E-state index contributed by atoms with van der Waals surface area (Å²) in [6.07, 6.45) is 7.74. The van der Waals surface area contributed by atoms with Gasteiger partial charge in [0.25, 0.3) is 0 Å². The number of methoxy groups -OCH3 is 1. The van der Waals surface area contributed by atoms with Gasteiger partial charge in [-0.15, -0.1) is 0 Å². The number of nitrogens with zero attached hydrogens (tertiary/aromatic N) is 1. The standard InChI is InChI=1S/C29H41NO4.C5H8O3/c1-25(2,3)26(4,32)20-15-27-10-11-29(20,33-5)24-28(27)12-13-30(16-17-6-7-17)21(27)14-18-8-9-19(31)23(34-24)22(18)28;1-4(6)2-3-5(7)8/h8-9,17,20-21,24,31-32H,6-7,10-16H2,1-5H3;2-3H2,1H3,(H,7,8)/t20-,21-,24-,26+,27-,28+,29+;/m1./s1. The van der Waals surface area contributed by atoms with E-state index in [1.165, 1.54) is 37.4 Å². The van der Waals surface area contributed by atoms with Crippen LogP contribution in [0.4, 0.5) is 0 Å². The molecule has 5 aliphatic carbocycles. The SMILES string of the molecule is CC(=O)CCC(=O)O.CO[C@@]12CC[C@@]3(C[C@@H]1[C@](C)(O)C(C)(C)C)[C@H]1Cc4ccc(O)c5c4[C@@]3(CCN1CC1CC1)[C@H]2O5. The van der Waals surface area contributed by atoms with Crippen LogP contribution in [0.2, 0.25) is 0 Å². The van der Waals surface area contributed by atoms with E-state index < -0.39 is 17.2 Å². The minimum atomic E-state index is -0.916. The van der Waals surface area contributed by atoms with Crippen LogP contribution in [0.3, 0.4) is 0 Å². The average molecular weight is 584 g/mol. The van der Waals surface area contributed by atoms with Gasteiger partial charge in [-0.2, -0.15) is 0 Å². The number of rotatable bonds is 7. The molecule has 4 bridgehead atoms. The van der Waals surface area contributed by atoms with E-state index in [1.54, 1.807) is 0 Å². The minimum absolute atomic E-state index is 0.0294. The van der Waals surface area contributed by atoms with Crippen molar-refractivity contribution < 1.29 is 34.4 Å². The van der Waals surface area contributed by atoms with Gasteiger partial charge >= 0.3 is 5.97 Å². The Kier molecular flexibility index (Phi) is 6.88. The van der Waals surface area contributed by atoms with E-state index in [1.807, 2.05) is 20.1 Å². The molecule has 1 aromatic rings. The van der Waals surface area contributed by atoms with E-state index in [4.69, 9.17) is 14.6 Å². The van der Waals surface area contributed by atoms with Crippen LogP contribution in [0, 0.1) is 22.7 Å². The maximum absolute atomic E-state index is 12.2. The van der Waals surface area contributed by atoms with Crippen LogP contribution < -0.4 is 4.74 Å². The Morgan fingerprint density at radius 1 is 1.12 bits per heavy atom. The first-order chi connectivity index (χ1) is 19.6. The van der Waals surface area contributed by atoms with Gasteiger partial charge in [-0.1, -0.05) is 26.8 Å². The molecule has 7 atom stereocenters. The number of Topliss-reactive ketones (excluding diaryl/α,β-unsaturated/α-hetero) is 1. The first kappa shape index (κ1) is 29.9. The molecule has 2 spiro atoms. The van der Waals surface area contributed by atoms with Crippen molar-refractivity contribution in [2.24, 2.45) is 22.7 Å². The second-order valence-corrected chi connectivity index (χ2v) is 15.4. The van der Waals surface area contributed by atoms with Crippen LogP contribution in [0.15, 0.2) is 12.1 Å². The molecule has 8 nitrogen and oxygen atoms in total. The number of hydrogen-bond acceptors (Lipinski definition) is 7. The van der Waals surface area contributed by atoms with Crippen LogP contribution >= 0.6 is 0 Å². The highest BCUT2D eigenvalue weighted by Gasteiger charge is 2.82. The van der Waals surface area contributed by atoms with Crippen molar-refractivity contribution in [3.8, 4) is 11.5 Å². The summed E-state index contributed by atoms with van der Waals surface area (Å²) in [5.74, 6) is 0.809. The average Bonchev–Trinajstić information content (AvgIpc) is 3.66. The van der Waals surface area contributed by atoms with Crippen LogP contribution in [-0.4, -0.2) is 75.5 Å². The molecule has 8 rings (SSSR count). The molecule has 0 amide bonds. The Bertz CT molecular complexity index is 1270. The molecule has 0 unspecified atom stereocenters. The molecule has 5 fully saturated rings. The van der Waals surface area contributed by atoms with Crippen LogP contribution in [-0.2, 0) is 26.2 Å². The van der Waals surface area contributed by atoms with Crippen molar-refractivity contribution in [1.29, 1.82) is 0 Å². The lowest BCUT2D eigenvalue weighted by Gasteiger charge is -2.75. The third-order valence-corrected chi connectivity index (χ3v) is 12.5. The number of hydrogen-bond donors (Lipinski definition) is 3. The van der Waals surface area contributed by atoms with E-state index in [0.717, 1.165) is 44.6 Å². The molecular formula is C34H49NO7. The maximum atomic E-state index is 12.2. The lowest BCUT2D eigenvalue weighted by Crippen LogP contribution is -2.83. The Morgan fingerprint density at radius 3 is 2.40 bits per heavy atom. The van der Waals surface area contributed by atoms with Gasteiger partial charge in [0.15, 0.2) is 11.5 Å². The topological polar surface area (TPSA) is 117 Å². The summed E-state index contributed by atoms with van der Waals surface area (Å²) in [5.41, 5.74) is 0.783. The van der Waals surface area contributed by atoms with Crippen molar-refractivity contribution in [3.63, 3.8) is 0 Å². The number of likely N-dealkylation sites (tertiary alicyclic amines) is 1. The Balaban J connectivity index is 0.000000350. The summed E-state index contributed by atoms with van der Waals surface area (Å²) in [6, 6.07) is 4.46. The quantitative estimate of drug-likeness (QED) is 0.417. The largest absolute Gasteiger partial charge is 0.504 e. The van der Waals surface area contributed by atoms with Gasteiger partial charge in [-0.25, -0.2) is 0 Å². The molecule has 1 saturated heterocycles. The Morgan fingerprint density at radius 2 is 1.83 bits per heavy atom. The fourth-order valence-electron chi connectivity index (χ4n) is 9.86. The second kappa shape index (κ2) is 9.67. The zero-order chi connectivity index (χ0) is 30.5. The number of aromatic hydroxyl groups is 1. The number of phenolic OH excluding ortho intramolecular Hbond substituents is 1. The number of carboxylic acids is 1. The molecule has 0 radical (unpaired) electrons. The fraction of sp³-hybridized carbons (Fsp3) is 0.765. The third kappa shape index (κ3) is 3.96. The van der Waals surface area contributed by atoms with Gasteiger partial charge in [0.1, 0.15) is 17.5 Å². The fourth-order valence-corrected chi connectivity index (χ4v) is 9.86. The van der Waals surface area contributed by atoms with Gasteiger partial charge in [-0.3, -0.25) is 9.69 Å². The summed E-state index contributed by atoms with van der Waals surface area (Å²) >= 11 is 0. The van der Waals surface area contributed by atoms with Crippen LogP contribution in [0.5, 0.6) is 11.5 Å². The van der Waals surface area contributed by atoms with Gasteiger partial charge in [0.05, 0.1) is 12.0 Å². The van der Waals surface area contributed by atoms with Gasteiger partial charge in [-0.05, 0) is 88.3 Å². The molecule has 3 N–H and O–H groups in total. The summed E-state index contributed by atoms with van der Waals surface area (Å²) in [7, 11) is 1.83. The van der Waals surface area contributed by atoms with Crippen molar-refractivity contribution in [1.82, 2.24) is 4.90 Å². The monoisotopic (exact) mass is 583 g/mol. The van der Waals surface area contributed by atoms with Crippen LogP contribution in [0.1, 0.15) is 97.1 Å². The van der Waals surface area contributed by atoms with E-state index >= 15 is 0 Å². The number of piperidine rings is 1.